The third kappa shape index (κ3) is 18.3. The first-order chi connectivity index (χ1) is 30.1. The van der Waals surface area contributed by atoms with Crippen molar-refractivity contribution in [2.24, 2.45) is 22.2 Å². The minimum atomic E-state index is -1.38. The number of guanidine groups is 1. The highest BCUT2D eigenvalue weighted by molar-refractivity contribution is 6.00. The zero-order chi connectivity index (χ0) is 46.3. The van der Waals surface area contributed by atoms with Crippen LogP contribution in [-0.2, 0) is 40.0 Å². The molecule has 344 valence electrons. The number of H-pyrrole nitrogens is 1. The SMILES string of the molecule is CC(=O)NCCCC[C@H](NC(=O)[C@H](CCCCN)NC(=O)[C@H](Cc1cnc[nH]1)NC(=O)[C@H](CCCN=C(N)N)NC(=O)[C@H](CO)NC(C)=O)C(=O)Nc1ccc2oc(=O)ccc2c1. The molecule has 2 aromatic heterocycles. The Bertz CT molecular complexity index is 2090. The first-order valence-electron chi connectivity index (χ1n) is 20.5. The lowest BCUT2D eigenvalue weighted by Crippen LogP contribution is -2.59. The number of aliphatic hydroxyl groups is 1. The van der Waals surface area contributed by atoms with Crippen LogP contribution in [0.1, 0.15) is 70.9 Å². The van der Waals surface area contributed by atoms with Gasteiger partial charge in [-0.2, -0.15) is 0 Å². The highest BCUT2D eigenvalue weighted by atomic mass is 16.4. The average molecular weight is 882 g/mol. The van der Waals surface area contributed by atoms with Crippen molar-refractivity contribution in [2.45, 2.75) is 102 Å². The number of carbonyl (C=O) groups excluding carboxylic acids is 7. The second kappa shape index (κ2) is 26.5. The van der Waals surface area contributed by atoms with Gasteiger partial charge in [-0.25, -0.2) is 9.78 Å². The molecule has 15 N–H and O–H groups in total. The van der Waals surface area contributed by atoms with Crippen LogP contribution in [-0.4, -0.2) is 119 Å². The van der Waals surface area contributed by atoms with Crippen molar-refractivity contribution in [2.75, 3.05) is 31.6 Å². The molecule has 5 atom stereocenters. The molecule has 0 fully saturated rings. The van der Waals surface area contributed by atoms with Crippen LogP contribution in [0, 0.1) is 0 Å². The Morgan fingerprint density at radius 1 is 0.746 bits per heavy atom. The minimum Gasteiger partial charge on any atom is -0.423 e. The molecule has 0 spiro atoms. The van der Waals surface area contributed by atoms with Crippen LogP contribution >= 0.6 is 0 Å². The zero-order valence-corrected chi connectivity index (χ0v) is 35.4. The van der Waals surface area contributed by atoms with E-state index in [1.807, 2.05) is 0 Å². The maximum Gasteiger partial charge on any atom is 0.336 e. The minimum absolute atomic E-state index is 0.0288. The molecule has 0 unspecified atom stereocenters. The van der Waals surface area contributed by atoms with Gasteiger partial charge < -0.3 is 68.9 Å². The maximum atomic E-state index is 14.2. The number of benzene rings is 1. The molecule has 0 aliphatic heterocycles. The van der Waals surface area contributed by atoms with E-state index in [-0.39, 0.29) is 50.5 Å². The Hall–Kier alpha value is -6.88. The number of amides is 7. The fourth-order valence-corrected chi connectivity index (χ4v) is 6.27. The van der Waals surface area contributed by atoms with E-state index in [1.54, 1.807) is 12.1 Å². The smallest absolute Gasteiger partial charge is 0.336 e. The van der Waals surface area contributed by atoms with Gasteiger partial charge in [0.25, 0.3) is 0 Å². The van der Waals surface area contributed by atoms with Gasteiger partial charge >= 0.3 is 5.63 Å². The summed E-state index contributed by atoms with van der Waals surface area (Å²) >= 11 is 0. The summed E-state index contributed by atoms with van der Waals surface area (Å²) in [6.07, 6.45) is 4.89. The quantitative estimate of drug-likeness (QED) is 0.0165. The van der Waals surface area contributed by atoms with Crippen molar-refractivity contribution in [1.29, 1.82) is 0 Å². The molecule has 3 rings (SSSR count). The Kier molecular flexibility index (Phi) is 21.2. The van der Waals surface area contributed by atoms with Gasteiger partial charge in [0.05, 0.1) is 12.9 Å². The van der Waals surface area contributed by atoms with Gasteiger partial charge in [-0.1, -0.05) is 0 Å². The standard InChI is InChI=1S/C40H59N13O10/c1-23(55)45-16-6-4-9-28(35(58)49-26-12-13-33-25(18-26)11-14-34(57)63-33)50-36(59)29(8-3-5-15-41)51-38(61)31(19-27-20-44-22-47-27)53-37(60)30(10-7-17-46-40(42)43)52-39(62)32(21-54)48-24(2)56/h11-14,18,20,22,28-32,54H,3-10,15-17,19,21,41H2,1-2H3,(H,44,47)(H,45,55)(H,48,56)(H,49,58)(H,50,59)(H,51,61)(H,52,62)(H,53,60)(H4,42,43,46)/t28-,29-,30-,31-,32-/m0/s1. The average Bonchev–Trinajstić information content (AvgIpc) is 3.75. The van der Waals surface area contributed by atoms with Gasteiger partial charge in [-0.3, -0.25) is 38.6 Å². The molecule has 7 amide bonds. The normalized spacial score (nSPS) is 13.3. The molecular weight excluding hydrogens is 823 g/mol. The van der Waals surface area contributed by atoms with E-state index >= 15 is 0 Å². The van der Waals surface area contributed by atoms with E-state index < -0.39 is 77.9 Å². The Balaban J connectivity index is 1.88. The highest BCUT2D eigenvalue weighted by Crippen LogP contribution is 2.18. The summed E-state index contributed by atoms with van der Waals surface area (Å²) < 4.78 is 5.18. The molecule has 0 saturated heterocycles. The molecule has 0 bridgehead atoms. The monoisotopic (exact) mass is 881 g/mol. The topological polar surface area (TPSA) is 373 Å². The van der Waals surface area contributed by atoms with Crippen LogP contribution in [0.4, 0.5) is 5.69 Å². The maximum absolute atomic E-state index is 14.2. The van der Waals surface area contributed by atoms with E-state index in [4.69, 9.17) is 21.6 Å². The number of fused-ring (bicyclic) bond motifs is 1. The number of aromatic nitrogens is 2. The van der Waals surface area contributed by atoms with Crippen molar-refractivity contribution >= 4 is 64.0 Å². The molecule has 23 heteroatoms. The molecule has 0 aliphatic rings. The second-order valence-electron chi connectivity index (χ2n) is 14.7. The summed E-state index contributed by atoms with van der Waals surface area (Å²) in [4.78, 5) is 115. The molecular formula is C40H59N13O10. The van der Waals surface area contributed by atoms with Crippen LogP contribution in [0.5, 0.6) is 0 Å². The van der Waals surface area contributed by atoms with E-state index in [9.17, 15) is 43.5 Å². The lowest BCUT2D eigenvalue weighted by atomic mass is 10.0. The number of aliphatic hydroxyl groups excluding tert-OH is 1. The fourth-order valence-electron chi connectivity index (χ4n) is 6.27. The number of nitrogens with zero attached hydrogens (tertiary/aromatic N) is 2. The third-order valence-electron chi connectivity index (χ3n) is 9.46. The number of nitrogens with one attached hydrogen (secondary N) is 8. The fraction of sp³-hybridized carbons (Fsp3) is 0.500. The van der Waals surface area contributed by atoms with Crippen LogP contribution < -0.4 is 60.0 Å². The Morgan fingerprint density at radius 3 is 1.94 bits per heavy atom. The van der Waals surface area contributed by atoms with Crippen LogP contribution in [0.2, 0.25) is 0 Å². The van der Waals surface area contributed by atoms with Crippen LogP contribution in [0.25, 0.3) is 11.0 Å². The number of unbranched alkanes of at least 4 members (excludes halogenated alkanes) is 2. The predicted molar refractivity (Wildman–Crippen MR) is 231 cm³/mol. The first kappa shape index (κ1) is 50.5. The van der Waals surface area contributed by atoms with Crippen molar-refractivity contribution in [1.82, 2.24) is 41.9 Å². The summed E-state index contributed by atoms with van der Waals surface area (Å²) in [7, 11) is 0. The Labute approximate surface area is 362 Å². The number of hydrogen-bond acceptors (Lipinski definition) is 13. The number of carbonyl (C=O) groups is 7. The van der Waals surface area contributed by atoms with Gasteiger partial charge in [0.1, 0.15) is 35.8 Å². The number of aliphatic imine (C=N–C) groups is 1. The molecule has 2 heterocycles. The lowest BCUT2D eigenvalue weighted by molar-refractivity contribution is -0.135. The zero-order valence-electron chi connectivity index (χ0n) is 35.4. The van der Waals surface area contributed by atoms with Crippen LogP contribution in [0.3, 0.4) is 0 Å². The van der Waals surface area contributed by atoms with Crippen LogP contribution in [0.15, 0.2) is 57.1 Å². The van der Waals surface area contributed by atoms with Crippen molar-refractivity contribution in [3.8, 4) is 0 Å². The van der Waals surface area contributed by atoms with Gasteiger partial charge in [0.2, 0.25) is 41.4 Å². The number of nitrogens with two attached hydrogens (primary N) is 3. The summed E-state index contributed by atoms with van der Waals surface area (Å²) in [5, 5.41) is 28.7. The van der Waals surface area contributed by atoms with Crippen molar-refractivity contribution in [3.05, 3.63) is 59.0 Å². The number of imidazole rings is 1. The highest BCUT2D eigenvalue weighted by Gasteiger charge is 2.32. The molecule has 0 aliphatic carbocycles. The summed E-state index contributed by atoms with van der Waals surface area (Å²) in [6, 6.07) is 1.07. The number of aromatic amines is 1. The third-order valence-corrected chi connectivity index (χ3v) is 9.46. The van der Waals surface area contributed by atoms with Crippen molar-refractivity contribution in [3.63, 3.8) is 0 Å². The van der Waals surface area contributed by atoms with E-state index in [0.29, 0.717) is 61.1 Å². The summed E-state index contributed by atoms with van der Waals surface area (Å²) in [5.74, 6) is -4.77. The number of rotatable bonds is 27. The predicted octanol–water partition coefficient (Wildman–Crippen LogP) is -2.38. The van der Waals surface area contributed by atoms with E-state index in [0.717, 1.165) is 6.92 Å². The first-order valence-corrected chi connectivity index (χ1v) is 20.5. The molecule has 3 aromatic rings. The summed E-state index contributed by atoms with van der Waals surface area (Å²) in [6.45, 7) is 2.49. The van der Waals surface area contributed by atoms with Gasteiger partial charge in [-0.05, 0) is 82.2 Å². The molecule has 1 aromatic carbocycles. The number of anilines is 1. The molecule has 0 radical (unpaired) electrons. The molecule has 63 heavy (non-hydrogen) atoms. The van der Waals surface area contributed by atoms with Gasteiger partial charge in [0.15, 0.2) is 5.96 Å². The van der Waals surface area contributed by atoms with Gasteiger partial charge in [0, 0.05) is 62.4 Å². The van der Waals surface area contributed by atoms with E-state index in [1.165, 1.54) is 37.6 Å². The largest absolute Gasteiger partial charge is 0.423 e. The lowest BCUT2D eigenvalue weighted by Gasteiger charge is -2.27. The summed E-state index contributed by atoms with van der Waals surface area (Å²) in [5.41, 5.74) is 17.2. The molecule has 0 saturated carbocycles. The van der Waals surface area contributed by atoms with E-state index in [2.05, 4.69) is 52.2 Å². The van der Waals surface area contributed by atoms with Gasteiger partial charge in [-0.15, -0.1) is 0 Å². The number of hydrogen-bond donors (Lipinski definition) is 12. The second-order valence-corrected chi connectivity index (χ2v) is 14.7. The Morgan fingerprint density at radius 2 is 1.35 bits per heavy atom. The molecule has 23 nitrogen and oxygen atoms in total. The van der Waals surface area contributed by atoms with Crippen molar-refractivity contribution < 1.29 is 43.1 Å².